The van der Waals surface area contributed by atoms with Crippen molar-refractivity contribution in [1.29, 1.82) is 0 Å². The van der Waals surface area contributed by atoms with Gasteiger partial charge in [-0.3, -0.25) is 0 Å². The molecule has 0 aromatic rings. The second kappa shape index (κ2) is 5.72. The van der Waals surface area contributed by atoms with Crippen LogP contribution in [0.3, 0.4) is 0 Å². The Morgan fingerprint density at radius 3 is 2.43 bits per heavy atom. The fourth-order valence-electron chi connectivity index (χ4n) is 2.27. The zero-order valence-corrected chi connectivity index (χ0v) is 9.94. The summed E-state index contributed by atoms with van der Waals surface area (Å²) in [6.07, 6.45) is 5.11. The highest BCUT2D eigenvalue weighted by molar-refractivity contribution is 4.84. The van der Waals surface area contributed by atoms with E-state index < -0.39 is 0 Å². The van der Waals surface area contributed by atoms with E-state index in [-0.39, 0.29) is 0 Å². The minimum absolute atomic E-state index is 0.525. The Hall–Kier alpha value is -0.0800. The molecule has 0 spiro atoms. The van der Waals surface area contributed by atoms with Crippen molar-refractivity contribution in [2.75, 3.05) is 19.8 Å². The van der Waals surface area contributed by atoms with Gasteiger partial charge in [-0.25, -0.2) is 0 Å². The van der Waals surface area contributed by atoms with Crippen molar-refractivity contribution in [3.05, 3.63) is 0 Å². The molecular formula is C12H25NO. The summed E-state index contributed by atoms with van der Waals surface area (Å²) in [7, 11) is 0. The predicted octanol–water partition coefficient (Wildman–Crippen LogP) is 2.58. The molecule has 0 amide bonds. The first-order valence-electron chi connectivity index (χ1n) is 6.00. The number of hydrogen-bond donors (Lipinski definition) is 1. The zero-order valence-electron chi connectivity index (χ0n) is 9.94. The molecule has 1 heterocycles. The Kier molecular flexibility index (Phi) is 4.90. The molecule has 1 saturated heterocycles. The Labute approximate surface area is 88.4 Å². The van der Waals surface area contributed by atoms with E-state index >= 15 is 0 Å². The van der Waals surface area contributed by atoms with Crippen molar-refractivity contribution in [3.8, 4) is 0 Å². The summed E-state index contributed by atoms with van der Waals surface area (Å²) in [4.78, 5) is 0. The van der Waals surface area contributed by atoms with E-state index in [1.807, 2.05) is 0 Å². The maximum atomic E-state index is 5.45. The summed E-state index contributed by atoms with van der Waals surface area (Å²) >= 11 is 0. The molecule has 0 bridgehead atoms. The molecule has 1 N–H and O–H groups in total. The maximum absolute atomic E-state index is 5.45. The van der Waals surface area contributed by atoms with Gasteiger partial charge in [0.25, 0.3) is 0 Å². The van der Waals surface area contributed by atoms with E-state index in [1.165, 1.54) is 32.2 Å². The largest absolute Gasteiger partial charge is 0.381 e. The summed E-state index contributed by atoms with van der Waals surface area (Å²) in [6, 6.07) is 0.603. The quantitative estimate of drug-likeness (QED) is 0.735. The fraction of sp³-hybridized carbons (Fsp3) is 1.00. The monoisotopic (exact) mass is 199 g/mol. The third kappa shape index (κ3) is 3.58. The van der Waals surface area contributed by atoms with Crippen molar-refractivity contribution < 1.29 is 4.74 Å². The smallest absolute Gasteiger partial charge is 0.0471 e. The maximum Gasteiger partial charge on any atom is 0.0471 e. The van der Waals surface area contributed by atoms with Crippen LogP contribution in [0.2, 0.25) is 0 Å². The van der Waals surface area contributed by atoms with Gasteiger partial charge in [-0.15, -0.1) is 0 Å². The van der Waals surface area contributed by atoms with E-state index in [4.69, 9.17) is 4.74 Å². The van der Waals surface area contributed by atoms with Crippen molar-refractivity contribution in [2.45, 2.75) is 52.5 Å². The van der Waals surface area contributed by atoms with Crippen LogP contribution < -0.4 is 5.32 Å². The highest BCUT2D eigenvalue weighted by atomic mass is 16.5. The van der Waals surface area contributed by atoms with Crippen molar-refractivity contribution in [1.82, 2.24) is 5.32 Å². The van der Waals surface area contributed by atoms with E-state index in [9.17, 15) is 0 Å². The summed E-state index contributed by atoms with van der Waals surface area (Å²) in [5.41, 5.74) is 0.525. The molecular weight excluding hydrogens is 174 g/mol. The predicted molar refractivity (Wildman–Crippen MR) is 60.5 cm³/mol. The molecule has 84 valence electrons. The topological polar surface area (TPSA) is 21.3 Å². The minimum Gasteiger partial charge on any atom is -0.381 e. The lowest BCUT2D eigenvalue weighted by atomic mass is 9.76. The molecule has 0 unspecified atom stereocenters. The van der Waals surface area contributed by atoms with Gasteiger partial charge in [0, 0.05) is 25.8 Å². The number of hydrogen-bond acceptors (Lipinski definition) is 2. The second-order valence-corrected chi connectivity index (χ2v) is 4.90. The highest BCUT2D eigenvalue weighted by Crippen LogP contribution is 2.34. The van der Waals surface area contributed by atoms with E-state index in [2.05, 4.69) is 26.1 Å². The van der Waals surface area contributed by atoms with Crippen LogP contribution in [-0.2, 0) is 4.74 Å². The minimum atomic E-state index is 0.525. The van der Waals surface area contributed by atoms with Gasteiger partial charge in [0.2, 0.25) is 0 Å². The van der Waals surface area contributed by atoms with Gasteiger partial charge < -0.3 is 10.1 Å². The summed E-state index contributed by atoms with van der Waals surface area (Å²) in [5, 5.41) is 3.59. The lowest BCUT2D eigenvalue weighted by Crippen LogP contribution is -2.41. The van der Waals surface area contributed by atoms with Crippen LogP contribution >= 0.6 is 0 Å². The van der Waals surface area contributed by atoms with Gasteiger partial charge in [0.05, 0.1) is 0 Å². The van der Waals surface area contributed by atoms with Gasteiger partial charge in [0.1, 0.15) is 0 Å². The SMILES string of the molecule is CCCC1(CNC(C)C)CCOCC1. The van der Waals surface area contributed by atoms with Gasteiger partial charge in [0.15, 0.2) is 0 Å². The Bertz CT molecular complexity index is 145. The van der Waals surface area contributed by atoms with Crippen LogP contribution in [0.4, 0.5) is 0 Å². The van der Waals surface area contributed by atoms with Crippen molar-refractivity contribution in [3.63, 3.8) is 0 Å². The normalized spacial score (nSPS) is 21.4. The standard InChI is InChI=1S/C12H25NO/c1-4-5-12(10-13-11(2)3)6-8-14-9-7-12/h11,13H,4-10H2,1-3H3. The van der Waals surface area contributed by atoms with Crippen molar-refractivity contribution in [2.24, 2.45) is 5.41 Å². The Morgan fingerprint density at radius 1 is 1.29 bits per heavy atom. The summed E-state index contributed by atoms with van der Waals surface area (Å²) < 4.78 is 5.45. The molecule has 0 radical (unpaired) electrons. The van der Waals surface area contributed by atoms with Crippen LogP contribution in [0.1, 0.15) is 46.5 Å². The van der Waals surface area contributed by atoms with Gasteiger partial charge in [-0.2, -0.15) is 0 Å². The van der Waals surface area contributed by atoms with Gasteiger partial charge in [-0.1, -0.05) is 27.2 Å². The van der Waals surface area contributed by atoms with E-state index in [0.29, 0.717) is 11.5 Å². The van der Waals surface area contributed by atoms with Crippen LogP contribution in [0.5, 0.6) is 0 Å². The first-order chi connectivity index (χ1) is 6.68. The lowest BCUT2D eigenvalue weighted by Gasteiger charge is -2.38. The van der Waals surface area contributed by atoms with Crippen LogP contribution in [-0.4, -0.2) is 25.8 Å². The molecule has 0 aromatic carbocycles. The molecule has 0 aliphatic carbocycles. The molecule has 2 nitrogen and oxygen atoms in total. The van der Waals surface area contributed by atoms with Crippen LogP contribution in [0, 0.1) is 5.41 Å². The van der Waals surface area contributed by atoms with Gasteiger partial charge >= 0.3 is 0 Å². The molecule has 0 saturated carbocycles. The molecule has 14 heavy (non-hydrogen) atoms. The highest BCUT2D eigenvalue weighted by Gasteiger charge is 2.31. The average molecular weight is 199 g/mol. The van der Waals surface area contributed by atoms with E-state index in [1.54, 1.807) is 0 Å². The second-order valence-electron chi connectivity index (χ2n) is 4.90. The number of rotatable bonds is 5. The Balaban J connectivity index is 2.42. The fourth-order valence-corrected chi connectivity index (χ4v) is 2.27. The Morgan fingerprint density at radius 2 is 1.93 bits per heavy atom. The average Bonchev–Trinajstić information content (AvgIpc) is 2.17. The molecule has 1 aliphatic heterocycles. The first-order valence-corrected chi connectivity index (χ1v) is 6.00. The molecule has 0 aromatic heterocycles. The molecule has 1 fully saturated rings. The first kappa shape index (κ1) is 12.0. The zero-order chi connectivity index (χ0) is 10.4. The van der Waals surface area contributed by atoms with Crippen LogP contribution in [0.15, 0.2) is 0 Å². The van der Waals surface area contributed by atoms with E-state index in [0.717, 1.165) is 13.2 Å². The molecule has 1 rings (SSSR count). The third-order valence-electron chi connectivity index (χ3n) is 3.22. The van der Waals surface area contributed by atoms with Crippen molar-refractivity contribution >= 4 is 0 Å². The molecule has 2 heteroatoms. The van der Waals surface area contributed by atoms with Gasteiger partial charge in [-0.05, 0) is 24.7 Å². The summed E-state index contributed by atoms with van der Waals surface area (Å²) in [6.45, 7) is 9.81. The van der Waals surface area contributed by atoms with Crippen LogP contribution in [0.25, 0.3) is 0 Å². The number of ether oxygens (including phenoxy) is 1. The third-order valence-corrected chi connectivity index (χ3v) is 3.22. The summed E-state index contributed by atoms with van der Waals surface area (Å²) in [5.74, 6) is 0. The molecule has 0 atom stereocenters. The molecule has 1 aliphatic rings. The number of nitrogens with one attached hydrogen (secondary N) is 1. The lowest BCUT2D eigenvalue weighted by molar-refractivity contribution is 0.00920.